The first-order valence-corrected chi connectivity index (χ1v) is 8.91. The molecule has 1 aliphatic carbocycles. The summed E-state index contributed by atoms with van der Waals surface area (Å²) in [5.41, 5.74) is 3.33. The fourth-order valence-corrected chi connectivity index (χ4v) is 3.79. The van der Waals surface area contributed by atoms with Crippen LogP contribution in [0.25, 0.3) is 10.9 Å². The lowest BCUT2D eigenvalue weighted by Crippen LogP contribution is -2.31. The molecule has 0 bridgehead atoms. The van der Waals surface area contributed by atoms with Crippen LogP contribution >= 0.6 is 11.6 Å². The van der Waals surface area contributed by atoms with Gasteiger partial charge in [-0.3, -0.25) is 14.2 Å². The lowest BCUT2D eigenvalue weighted by Gasteiger charge is -2.23. The van der Waals surface area contributed by atoms with E-state index in [0.717, 1.165) is 35.7 Å². The van der Waals surface area contributed by atoms with E-state index in [-0.39, 0.29) is 11.9 Å². The minimum Gasteiger partial charge on any atom is -0.349 e. The molecule has 1 aromatic carbocycles. The zero-order valence-electron chi connectivity index (χ0n) is 14.1. The smallest absolute Gasteiger partial charge is 0.222 e. The molecule has 0 spiro atoms. The van der Waals surface area contributed by atoms with Gasteiger partial charge in [-0.2, -0.15) is 10.2 Å². The molecule has 0 fully saturated rings. The molecule has 25 heavy (non-hydrogen) atoms. The van der Waals surface area contributed by atoms with E-state index >= 15 is 0 Å². The Morgan fingerprint density at radius 1 is 1.36 bits per heavy atom. The van der Waals surface area contributed by atoms with E-state index in [9.17, 15) is 4.79 Å². The van der Waals surface area contributed by atoms with Crippen LogP contribution in [-0.2, 0) is 24.8 Å². The first kappa shape index (κ1) is 16.1. The second-order valence-electron chi connectivity index (χ2n) is 6.47. The number of nitrogens with one attached hydrogen (secondary N) is 1. The van der Waals surface area contributed by atoms with Crippen LogP contribution < -0.4 is 5.32 Å². The van der Waals surface area contributed by atoms with Crippen molar-refractivity contribution in [1.82, 2.24) is 24.9 Å². The molecular weight excluding hydrogens is 338 g/mol. The van der Waals surface area contributed by atoms with Crippen molar-refractivity contribution in [2.24, 2.45) is 7.05 Å². The first-order valence-electron chi connectivity index (χ1n) is 8.53. The van der Waals surface area contributed by atoms with Crippen molar-refractivity contribution < 1.29 is 4.79 Å². The van der Waals surface area contributed by atoms with Crippen LogP contribution in [-0.4, -0.2) is 25.5 Å². The van der Waals surface area contributed by atoms with E-state index in [0.29, 0.717) is 18.0 Å². The number of carbonyl (C=O) groups is 1. The number of hydrogen-bond acceptors (Lipinski definition) is 3. The van der Waals surface area contributed by atoms with E-state index in [2.05, 4.69) is 15.5 Å². The molecular formula is C18H20ClN5O. The number of hydrogen-bond donors (Lipinski definition) is 1. The van der Waals surface area contributed by atoms with Gasteiger partial charge in [0.15, 0.2) is 0 Å². The summed E-state index contributed by atoms with van der Waals surface area (Å²) in [7, 11) is 1.96. The van der Waals surface area contributed by atoms with Crippen molar-refractivity contribution in [3.05, 3.63) is 46.9 Å². The van der Waals surface area contributed by atoms with Crippen LogP contribution in [0.2, 0.25) is 5.02 Å². The van der Waals surface area contributed by atoms with Crippen LogP contribution in [0.3, 0.4) is 0 Å². The molecule has 3 aromatic rings. The molecule has 0 saturated heterocycles. The molecule has 130 valence electrons. The minimum atomic E-state index is 0.0346. The van der Waals surface area contributed by atoms with Crippen molar-refractivity contribution in [2.75, 3.05) is 0 Å². The van der Waals surface area contributed by atoms with Crippen LogP contribution in [0.5, 0.6) is 0 Å². The van der Waals surface area contributed by atoms with Gasteiger partial charge in [-0.15, -0.1) is 0 Å². The maximum Gasteiger partial charge on any atom is 0.222 e. The van der Waals surface area contributed by atoms with Gasteiger partial charge in [-0.25, -0.2) is 0 Å². The van der Waals surface area contributed by atoms with Gasteiger partial charge < -0.3 is 5.32 Å². The highest BCUT2D eigenvalue weighted by atomic mass is 35.5. The van der Waals surface area contributed by atoms with E-state index < -0.39 is 0 Å². The molecule has 1 amide bonds. The minimum absolute atomic E-state index is 0.0346. The summed E-state index contributed by atoms with van der Waals surface area (Å²) in [5.74, 6) is 0.0346. The standard InChI is InChI=1S/C18H20ClN5O/c1-23-16-6-3-5-15(13(16)11-20-23)22-18(25)8-9-24-17-7-2-4-14(19)12(17)10-21-24/h2,4,7,10-11,15H,3,5-6,8-9H2,1H3,(H,22,25)/t15-/m1/s1. The zero-order valence-corrected chi connectivity index (χ0v) is 14.8. The summed E-state index contributed by atoms with van der Waals surface area (Å²) in [6.07, 6.45) is 7.07. The Kier molecular flexibility index (Phi) is 4.21. The van der Waals surface area contributed by atoms with Crippen molar-refractivity contribution in [2.45, 2.75) is 38.3 Å². The highest BCUT2D eigenvalue weighted by molar-refractivity contribution is 6.35. The van der Waals surface area contributed by atoms with Crippen molar-refractivity contribution in [3.63, 3.8) is 0 Å². The third-order valence-corrected chi connectivity index (χ3v) is 5.23. The second-order valence-corrected chi connectivity index (χ2v) is 6.88. The number of carbonyl (C=O) groups excluding carboxylic acids is 1. The van der Waals surface area contributed by atoms with Gasteiger partial charge in [-0.1, -0.05) is 17.7 Å². The third-order valence-electron chi connectivity index (χ3n) is 4.90. The summed E-state index contributed by atoms with van der Waals surface area (Å²) in [6.45, 7) is 0.530. The van der Waals surface area contributed by atoms with Crippen molar-refractivity contribution in [3.8, 4) is 0 Å². The Morgan fingerprint density at radius 3 is 3.12 bits per heavy atom. The Labute approximate surface area is 150 Å². The van der Waals surface area contributed by atoms with Crippen molar-refractivity contribution >= 4 is 28.4 Å². The molecule has 4 rings (SSSR count). The van der Waals surface area contributed by atoms with Gasteiger partial charge in [-0.05, 0) is 31.4 Å². The number of aromatic nitrogens is 4. The highest BCUT2D eigenvalue weighted by Gasteiger charge is 2.24. The molecule has 1 N–H and O–H groups in total. The molecule has 2 aromatic heterocycles. The number of benzene rings is 1. The van der Waals surface area contributed by atoms with Gasteiger partial charge in [0, 0.05) is 30.1 Å². The van der Waals surface area contributed by atoms with Gasteiger partial charge in [0.05, 0.1) is 35.5 Å². The zero-order chi connectivity index (χ0) is 17.4. The van der Waals surface area contributed by atoms with E-state index in [4.69, 9.17) is 11.6 Å². The van der Waals surface area contributed by atoms with Gasteiger partial charge in [0.25, 0.3) is 0 Å². The average Bonchev–Trinajstić information content (AvgIpc) is 3.19. The number of halogens is 1. The molecule has 0 aliphatic heterocycles. The molecule has 2 heterocycles. The van der Waals surface area contributed by atoms with Crippen LogP contribution in [0.4, 0.5) is 0 Å². The molecule has 6 nitrogen and oxygen atoms in total. The number of amides is 1. The van der Waals surface area contributed by atoms with Crippen LogP contribution in [0, 0.1) is 0 Å². The Bertz CT molecular complexity index is 929. The Hall–Kier alpha value is -2.34. The van der Waals surface area contributed by atoms with E-state index in [1.54, 1.807) is 6.20 Å². The molecule has 0 saturated carbocycles. The summed E-state index contributed by atoms with van der Waals surface area (Å²) >= 11 is 6.17. The van der Waals surface area contributed by atoms with Crippen LogP contribution in [0.1, 0.15) is 36.6 Å². The number of rotatable bonds is 4. The predicted octanol–water partition coefficient (Wildman–Crippen LogP) is 3.01. The molecule has 1 aliphatic rings. The average molecular weight is 358 g/mol. The molecule has 1 atom stereocenters. The molecule has 7 heteroatoms. The maximum atomic E-state index is 12.4. The highest BCUT2D eigenvalue weighted by Crippen LogP contribution is 2.29. The summed E-state index contributed by atoms with van der Waals surface area (Å²) in [5, 5.41) is 13.4. The number of aryl methyl sites for hydroxylation is 2. The second kappa shape index (κ2) is 6.52. The fourth-order valence-electron chi connectivity index (χ4n) is 3.58. The SMILES string of the molecule is Cn1ncc2c1CCC[C@H]2NC(=O)CCn1ncc2c(Cl)cccc21. The largest absolute Gasteiger partial charge is 0.349 e. The van der Waals surface area contributed by atoms with Crippen LogP contribution in [0.15, 0.2) is 30.6 Å². The van der Waals surface area contributed by atoms with Gasteiger partial charge in [0.2, 0.25) is 5.91 Å². The lowest BCUT2D eigenvalue weighted by atomic mass is 9.93. The predicted molar refractivity (Wildman–Crippen MR) is 96.4 cm³/mol. The number of fused-ring (bicyclic) bond motifs is 2. The van der Waals surface area contributed by atoms with Gasteiger partial charge >= 0.3 is 0 Å². The fraction of sp³-hybridized carbons (Fsp3) is 0.389. The van der Waals surface area contributed by atoms with Gasteiger partial charge in [0.1, 0.15) is 0 Å². The van der Waals surface area contributed by atoms with E-state index in [1.165, 1.54) is 5.69 Å². The van der Waals surface area contributed by atoms with E-state index in [1.807, 2.05) is 40.8 Å². The third kappa shape index (κ3) is 3.02. The topological polar surface area (TPSA) is 64.7 Å². The lowest BCUT2D eigenvalue weighted by molar-refractivity contribution is -0.122. The first-order chi connectivity index (χ1) is 12.1. The molecule has 0 unspecified atom stereocenters. The monoisotopic (exact) mass is 357 g/mol. The normalized spacial score (nSPS) is 16.8. The Morgan fingerprint density at radius 2 is 2.24 bits per heavy atom. The summed E-state index contributed by atoms with van der Waals surface area (Å²) in [6, 6.07) is 5.77. The Balaban J connectivity index is 1.42. The molecule has 0 radical (unpaired) electrons. The maximum absolute atomic E-state index is 12.4. The summed E-state index contributed by atoms with van der Waals surface area (Å²) < 4.78 is 3.74. The van der Waals surface area contributed by atoms with Crippen molar-refractivity contribution in [1.29, 1.82) is 0 Å². The summed E-state index contributed by atoms with van der Waals surface area (Å²) in [4.78, 5) is 12.4. The quantitative estimate of drug-likeness (QED) is 0.780. The number of nitrogens with zero attached hydrogens (tertiary/aromatic N) is 4.